The molecule has 3 nitrogen and oxygen atoms in total. The first-order chi connectivity index (χ1) is 8.81. The third-order valence-corrected chi connectivity index (χ3v) is 3.27. The maximum Gasteiger partial charge on any atom is 0.100 e. The van der Waals surface area contributed by atoms with Crippen LogP contribution >= 0.6 is 11.6 Å². The molecule has 2 atom stereocenters. The van der Waals surface area contributed by atoms with Gasteiger partial charge >= 0.3 is 0 Å². The standard InChI is InChI=1S/C14H20ClNO2/c1-2-6-16-14(13-10-17-7-8-18-13)11-4-3-5-12(15)9-11/h3-5,9,13-14,16H,2,6-8,10H2,1H3. The Morgan fingerprint density at radius 3 is 3.00 bits per heavy atom. The Kier molecular flexibility index (Phi) is 5.45. The largest absolute Gasteiger partial charge is 0.376 e. The molecule has 1 fully saturated rings. The topological polar surface area (TPSA) is 30.5 Å². The summed E-state index contributed by atoms with van der Waals surface area (Å²) in [5.41, 5.74) is 1.16. The van der Waals surface area contributed by atoms with Gasteiger partial charge in [0.2, 0.25) is 0 Å². The molecule has 1 heterocycles. The highest BCUT2D eigenvalue weighted by molar-refractivity contribution is 6.30. The highest BCUT2D eigenvalue weighted by Crippen LogP contribution is 2.24. The number of halogens is 1. The summed E-state index contributed by atoms with van der Waals surface area (Å²) in [5, 5.41) is 4.28. The van der Waals surface area contributed by atoms with Crippen molar-refractivity contribution in [3.05, 3.63) is 34.9 Å². The fourth-order valence-electron chi connectivity index (χ4n) is 2.16. The Labute approximate surface area is 113 Å². The van der Waals surface area contributed by atoms with E-state index in [1.165, 1.54) is 0 Å². The smallest absolute Gasteiger partial charge is 0.100 e. The molecule has 0 aliphatic carbocycles. The molecular formula is C14H20ClNO2. The molecule has 0 amide bonds. The molecule has 1 aromatic rings. The summed E-state index contributed by atoms with van der Waals surface area (Å²) in [6.07, 6.45) is 1.15. The molecule has 1 aromatic carbocycles. The van der Waals surface area contributed by atoms with Crippen LogP contribution in [-0.2, 0) is 9.47 Å². The summed E-state index contributed by atoms with van der Waals surface area (Å²) in [5.74, 6) is 0. The normalized spacial score (nSPS) is 21.8. The van der Waals surface area contributed by atoms with Crippen LogP contribution < -0.4 is 5.32 Å². The van der Waals surface area contributed by atoms with Crippen LogP contribution in [0.4, 0.5) is 0 Å². The van der Waals surface area contributed by atoms with E-state index in [2.05, 4.69) is 18.3 Å². The van der Waals surface area contributed by atoms with Gasteiger partial charge in [-0.15, -0.1) is 0 Å². The molecule has 100 valence electrons. The highest BCUT2D eigenvalue weighted by atomic mass is 35.5. The Morgan fingerprint density at radius 1 is 1.44 bits per heavy atom. The molecular weight excluding hydrogens is 250 g/mol. The zero-order valence-corrected chi connectivity index (χ0v) is 11.5. The van der Waals surface area contributed by atoms with Crippen molar-refractivity contribution in [1.29, 1.82) is 0 Å². The van der Waals surface area contributed by atoms with Crippen LogP contribution in [0.3, 0.4) is 0 Å². The molecule has 0 aromatic heterocycles. The fourth-order valence-corrected chi connectivity index (χ4v) is 2.36. The predicted octanol–water partition coefficient (Wildman–Crippen LogP) is 2.80. The maximum absolute atomic E-state index is 6.06. The zero-order chi connectivity index (χ0) is 12.8. The summed E-state index contributed by atoms with van der Waals surface area (Å²) in [6.45, 7) is 5.09. The van der Waals surface area contributed by atoms with Crippen LogP contribution in [0.15, 0.2) is 24.3 Å². The lowest BCUT2D eigenvalue weighted by Gasteiger charge is -2.31. The van der Waals surface area contributed by atoms with Crippen LogP contribution in [-0.4, -0.2) is 32.5 Å². The minimum atomic E-state index is 0.0590. The second kappa shape index (κ2) is 7.10. The number of hydrogen-bond acceptors (Lipinski definition) is 3. The van der Waals surface area contributed by atoms with Gasteiger partial charge in [0.1, 0.15) is 6.10 Å². The molecule has 1 aliphatic heterocycles. The lowest BCUT2D eigenvalue weighted by molar-refractivity contribution is -0.102. The third-order valence-electron chi connectivity index (χ3n) is 3.04. The second-order valence-electron chi connectivity index (χ2n) is 4.47. The molecule has 2 unspecified atom stereocenters. The molecule has 0 bridgehead atoms. The van der Waals surface area contributed by atoms with Gasteiger partial charge in [0, 0.05) is 5.02 Å². The molecule has 0 radical (unpaired) electrons. The van der Waals surface area contributed by atoms with Gasteiger partial charge in [-0.05, 0) is 30.7 Å². The third kappa shape index (κ3) is 3.69. The van der Waals surface area contributed by atoms with Gasteiger partial charge in [-0.25, -0.2) is 0 Å². The van der Waals surface area contributed by atoms with E-state index in [4.69, 9.17) is 21.1 Å². The van der Waals surface area contributed by atoms with Crippen LogP contribution in [0.5, 0.6) is 0 Å². The quantitative estimate of drug-likeness (QED) is 0.892. The van der Waals surface area contributed by atoms with Crippen LogP contribution in [0, 0.1) is 0 Å². The number of nitrogens with one attached hydrogen (secondary N) is 1. The van der Waals surface area contributed by atoms with E-state index >= 15 is 0 Å². The minimum absolute atomic E-state index is 0.0590. The maximum atomic E-state index is 6.06. The highest BCUT2D eigenvalue weighted by Gasteiger charge is 2.26. The monoisotopic (exact) mass is 269 g/mol. The van der Waals surface area contributed by atoms with E-state index in [9.17, 15) is 0 Å². The van der Waals surface area contributed by atoms with Crippen molar-refractivity contribution in [3.63, 3.8) is 0 Å². The van der Waals surface area contributed by atoms with Gasteiger partial charge in [0.15, 0.2) is 0 Å². The van der Waals surface area contributed by atoms with Crippen LogP contribution in [0.25, 0.3) is 0 Å². The van der Waals surface area contributed by atoms with Crippen LogP contribution in [0.1, 0.15) is 24.9 Å². The van der Waals surface area contributed by atoms with E-state index in [0.29, 0.717) is 19.8 Å². The summed E-state index contributed by atoms with van der Waals surface area (Å²) in [7, 11) is 0. The van der Waals surface area contributed by atoms with Gasteiger partial charge in [-0.1, -0.05) is 30.7 Å². The second-order valence-corrected chi connectivity index (χ2v) is 4.91. The van der Waals surface area contributed by atoms with E-state index in [1.54, 1.807) is 0 Å². The summed E-state index contributed by atoms with van der Waals surface area (Å²) < 4.78 is 11.3. The van der Waals surface area contributed by atoms with Crippen molar-refractivity contribution >= 4 is 11.6 Å². The van der Waals surface area contributed by atoms with Gasteiger partial charge in [0.05, 0.1) is 25.9 Å². The average Bonchev–Trinajstić information content (AvgIpc) is 2.40. The van der Waals surface area contributed by atoms with E-state index in [-0.39, 0.29) is 12.1 Å². The Bertz CT molecular complexity index is 367. The lowest BCUT2D eigenvalue weighted by atomic mass is 10.0. The van der Waals surface area contributed by atoms with Gasteiger partial charge in [-0.2, -0.15) is 0 Å². The number of rotatable bonds is 5. The van der Waals surface area contributed by atoms with E-state index in [0.717, 1.165) is 23.6 Å². The Morgan fingerprint density at radius 2 is 2.33 bits per heavy atom. The molecule has 18 heavy (non-hydrogen) atoms. The van der Waals surface area contributed by atoms with Gasteiger partial charge < -0.3 is 14.8 Å². The summed E-state index contributed by atoms with van der Waals surface area (Å²) in [4.78, 5) is 0. The average molecular weight is 270 g/mol. The molecule has 2 rings (SSSR count). The molecule has 1 saturated heterocycles. The molecule has 0 saturated carbocycles. The van der Waals surface area contributed by atoms with Crippen molar-refractivity contribution in [2.24, 2.45) is 0 Å². The number of benzene rings is 1. The van der Waals surface area contributed by atoms with Crippen molar-refractivity contribution in [2.75, 3.05) is 26.4 Å². The minimum Gasteiger partial charge on any atom is -0.376 e. The Hall–Kier alpha value is -0.610. The first-order valence-corrected chi connectivity index (χ1v) is 6.87. The lowest BCUT2D eigenvalue weighted by Crippen LogP contribution is -2.40. The van der Waals surface area contributed by atoms with E-state index < -0.39 is 0 Å². The molecule has 0 spiro atoms. The van der Waals surface area contributed by atoms with Crippen molar-refractivity contribution in [1.82, 2.24) is 5.32 Å². The van der Waals surface area contributed by atoms with Gasteiger partial charge in [0.25, 0.3) is 0 Å². The predicted molar refractivity (Wildman–Crippen MR) is 73.0 cm³/mol. The molecule has 1 N–H and O–H groups in total. The fraction of sp³-hybridized carbons (Fsp3) is 0.571. The number of hydrogen-bond donors (Lipinski definition) is 1. The van der Waals surface area contributed by atoms with Crippen molar-refractivity contribution in [3.8, 4) is 0 Å². The molecule has 1 aliphatic rings. The van der Waals surface area contributed by atoms with Crippen molar-refractivity contribution in [2.45, 2.75) is 25.5 Å². The SMILES string of the molecule is CCCNC(c1cccc(Cl)c1)C1COCCO1. The first-order valence-electron chi connectivity index (χ1n) is 6.49. The Balaban J connectivity index is 2.12. The summed E-state index contributed by atoms with van der Waals surface area (Å²) in [6, 6.07) is 8.08. The summed E-state index contributed by atoms with van der Waals surface area (Å²) >= 11 is 6.06. The van der Waals surface area contributed by atoms with Crippen LogP contribution in [0.2, 0.25) is 5.02 Å². The van der Waals surface area contributed by atoms with Gasteiger partial charge in [-0.3, -0.25) is 0 Å². The zero-order valence-electron chi connectivity index (χ0n) is 10.7. The van der Waals surface area contributed by atoms with E-state index in [1.807, 2.05) is 18.2 Å². The molecule has 4 heteroatoms. The number of ether oxygens (including phenoxy) is 2. The van der Waals surface area contributed by atoms with Crippen molar-refractivity contribution < 1.29 is 9.47 Å². The first kappa shape index (κ1) is 13.8.